The van der Waals surface area contributed by atoms with Gasteiger partial charge in [-0.1, -0.05) is 6.07 Å². The van der Waals surface area contributed by atoms with E-state index < -0.39 is 0 Å². The summed E-state index contributed by atoms with van der Waals surface area (Å²) in [6.45, 7) is 3.41. The van der Waals surface area contributed by atoms with Crippen molar-refractivity contribution in [3.05, 3.63) is 36.0 Å². The molecule has 110 valence electrons. The van der Waals surface area contributed by atoms with Crippen molar-refractivity contribution < 1.29 is 4.79 Å². The van der Waals surface area contributed by atoms with E-state index in [2.05, 4.69) is 20.9 Å². The van der Waals surface area contributed by atoms with E-state index in [1.54, 1.807) is 0 Å². The molecule has 1 amide bonds. The first-order chi connectivity index (χ1) is 10.2. The normalized spacial score (nSPS) is 28.0. The van der Waals surface area contributed by atoms with Crippen LogP contribution in [0.5, 0.6) is 0 Å². The van der Waals surface area contributed by atoms with E-state index in [0.717, 1.165) is 23.0 Å². The number of carbonyl (C=O) groups excluding carboxylic acids is 1. The summed E-state index contributed by atoms with van der Waals surface area (Å²) in [6.07, 6.45) is 4.46. The Balaban J connectivity index is 1.59. The third kappa shape index (κ3) is 2.14. The highest BCUT2D eigenvalue weighted by Gasteiger charge is 2.35. The van der Waals surface area contributed by atoms with Crippen LogP contribution < -0.4 is 5.32 Å². The average Bonchev–Trinajstić information content (AvgIpc) is 2.90. The molecule has 0 unspecified atom stereocenters. The molecule has 5 rings (SSSR count). The molecule has 4 nitrogen and oxygen atoms in total. The minimum atomic E-state index is 0.0746. The SMILES string of the molecule is Cn1ccc2c(C(=O)N[C@@H]3CN4CCC3CC4)cccc21. The van der Waals surface area contributed by atoms with Gasteiger partial charge in [0.15, 0.2) is 0 Å². The molecule has 3 aliphatic heterocycles. The van der Waals surface area contributed by atoms with Gasteiger partial charge in [0, 0.05) is 42.3 Å². The Bertz CT molecular complexity index is 682. The van der Waals surface area contributed by atoms with Crippen molar-refractivity contribution in [2.45, 2.75) is 18.9 Å². The van der Waals surface area contributed by atoms with Gasteiger partial charge in [0.2, 0.25) is 0 Å². The summed E-state index contributed by atoms with van der Waals surface area (Å²) in [5.41, 5.74) is 1.90. The van der Waals surface area contributed by atoms with Crippen LogP contribution in [0.4, 0.5) is 0 Å². The molecule has 0 spiro atoms. The number of carbonyl (C=O) groups is 1. The number of fused-ring (bicyclic) bond motifs is 4. The molecule has 21 heavy (non-hydrogen) atoms. The average molecular weight is 283 g/mol. The van der Waals surface area contributed by atoms with Gasteiger partial charge < -0.3 is 14.8 Å². The first-order valence-corrected chi connectivity index (χ1v) is 7.79. The van der Waals surface area contributed by atoms with Gasteiger partial charge in [-0.25, -0.2) is 0 Å². The number of aromatic nitrogens is 1. The lowest BCUT2D eigenvalue weighted by atomic mass is 9.84. The van der Waals surface area contributed by atoms with Crippen molar-refractivity contribution in [3.63, 3.8) is 0 Å². The zero-order valence-electron chi connectivity index (χ0n) is 12.4. The Labute approximate surface area is 124 Å². The summed E-state index contributed by atoms with van der Waals surface area (Å²) in [7, 11) is 2.01. The molecule has 4 heterocycles. The fraction of sp³-hybridized carbons (Fsp3) is 0.471. The zero-order valence-corrected chi connectivity index (χ0v) is 12.4. The highest BCUT2D eigenvalue weighted by atomic mass is 16.1. The number of nitrogens with one attached hydrogen (secondary N) is 1. The van der Waals surface area contributed by atoms with Gasteiger partial charge in [-0.3, -0.25) is 4.79 Å². The van der Waals surface area contributed by atoms with E-state index in [0.29, 0.717) is 12.0 Å². The lowest BCUT2D eigenvalue weighted by Gasteiger charge is -2.44. The highest BCUT2D eigenvalue weighted by Crippen LogP contribution is 2.28. The van der Waals surface area contributed by atoms with Gasteiger partial charge in [0.05, 0.1) is 0 Å². The Kier molecular flexibility index (Phi) is 3.00. The number of amides is 1. The summed E-state index contributed by atoms with van der Waals surface area (Å²) < 4.78 is 2.06. The number of hydrogen-bond acceptors (Lipinski definition) is 2. The molecule has 1 N–H and O–H groups in total. The number of aryl methyl sites for hydroxylation is 1. The molecule has 3 fully saturated rings. The molecule has 1 aromatic carbocycles. The van der Waals surface area contributed by atoms with Crippen molar-refractivity contribution in [1.82, 2.24) is 14.8 Å². The predicted octanol–water partition coefficient (Wildman–Crippen LogP) is 2.00. The largest absolute Gasteiger partial charge is 0.351 e. The number of hydrogen-bond donors (Lipinski definition) is 1. The van der Waals surface area contributed by atoms with Crippen LogP contribution in [0.3, 0.4) is 0 Å². The van der Waals surface area contributed by atoms with Crippen molar-refractivity contribution in [1.29, 1.82) is 0 Å². The maximum atomic E-state index is 12.7. The lowest BCUT2D eigenvalue weighted by molar-refractivity contribution is 0.0621. The molecule has 4 heteroatoms. The van der Waals surface area contributed by atoms with Crippen LogP contribution in [0.2, 0.25) is 0 Å². The second-order valence-corrected chi connectivity index (χ2v) is 6.38. The third-order valence-electron chi connectivity index (χ3n) is 5.15. The minimum absolute atomic E-state index is 0.0746. The van der Waals surface area contributed by atoms with Gasteiger partial charge >= 0.3 is 0 Å². The van der Waals surface area contributed by atoms with Crippen molar-refractivity contribution in [3.8, 4) is 0 Å². The fourth-order valence-corrected chi connectivity index (χ4v) is 3.88. The van der Waals surface area contributed by atoms with E-state index in [4.69, 9.17) is 0 Å². The summed E-state index contributed by atoms with van der Waals surface area (Å²) in [4.78, 5) is 15.1. The quantitative estimate of drug-likeness (QED) is 0.915. The van der Waals surface area contributed by atoms with Crippen molar-refractivity contribution >= 4 is 16.8 Å². The molecule has 0 radical (unpaired) electrons. The Morgan fingerprint density at radius 1 is 1.24 bits per heavy atom. The molecule has 1 atom stereocenters. The van der Waals surface area contributed by atoms with Crippen molar-refractivity contribution in [2.24, 2.45) is 13.0 Å². The van der Waals surface area contributed by atoms with Crippen LogP contribution >= 0.6 is 0 Å². The predicted molar refractivity (Wildman–Crippen MR) is 83.3 cm³/mol. The Morgan fingerprint density at radius 2 is 2.05 bits per heavy atom. The fourth-order valence-electron chi connectivity index (χ4n) is 3.88. The van der Waals surface area contributed by atoms with E-state index in [9.17, 15) is 4.79 Å². The van der Waals surface area contributed by atoms with E-state index in [-0.39, 0.29) is 5.91 Å². The van der Waals surface area contributed by atoms with Crippen LogP contribution in [0, 0.1) is 5.92 Å². The number of benzene rings is 1. The monoisotopic (exact) mass is 283 g/mol. The minimum Gasteiger partial charge on any atom is -0.351 e. The summed E-state index contributed by atoms with van der Waals surface area (Å²) in [5.74, 6) is 0.736. The second-order valence-electron chi connectivity index (χ2n) is 6.38. The molecule has 3 saturated heterocycles. The Morgan fingerprint density at radius 3 is 2.76 bits per heavy atom. The van der Waals surface area contributed by atoms with Crippen molar-refractivity contribution in [2.75, 3.05) is 19.6 Å². The van der Waals surface area contributed by atoms with Crippen LogP contribution in [-0.4, -0.2) is 41.1 Å². The lowest BCUT2D eigenvalue weighted by Crippen LogP contribution is -2.57. The summed E-state index contributed by atoms with van der Waals surface area (Å²) >= 11 is 0. The van der Waals surface area contributed by atoms with Crippen LogP contribution in [0.15, 0.2) is 30.5 Å². The third-order valence-corrected chi connectivity index (χ3v) is 5.15. The van der Waals surface area contributed by atoms with Crippen LogP contribution in [0.1, 0.15) is 23.2 Å². The smallest absolute Gasteiger partial charge is 0.252 e. The molecule has 3 aliphatic rings. The van der Waals surface area contributed by atoms with Gasteiger partial charge in [-0.2, -0.15) is 0 Å². The van der Waals surface area contributed by atoms with Gasteiger partial charge in [0.1, 0.15) is 0 Å². The Hall–Kier alpha value is -1.81. The van der Waals surface area contributed by atoms with E-state index in [1.807, 2.05) is 31.4 Å². The maximum Gasteiger partial charge on any atom is 0.252 e. The number of piperidine rings is 3. The van der Waals surface area contributed by atoms with E-state index in [1.165, 1.54) is 25.9 Å². The summed E-state index contributed by atoms with van der Waals surface area (Å²) in [6, 6.07) is 8.30. The second kappa shape index (κ2) is 4.88. The zero-order chi connectivity index (χ0) is 14.4. The molecule has 2 bridgehead atoms. The van der Waals surface area contributed by atoms with Crippen LogP contribution in [-0.2, 0) is 7.05 Å². The summed E-state index contributed by atoms with van der Waals surface area (Å²) in [5, 5.41) is 4.32. The van der Waals surface area contributed by atoms with Gasteiger partial charge in [-0.15, -0.1) is 0 Å². The number of nitrogens with zero attached hydrogens (tertiary/aromatic N) is 2. The molecular formula is C17H21N3O. The molecule has 1 aromatic heterocycles. The highest BCUT2D eigenvalue weighted by molar-refractivity contribution is 6.06. The molecular weight excluding hydrogens is 262 g/mol. The standard InChI is InChI=1S/C17H21N3O/c1-19-8-7-13-14(3-2-4-16(13)19)17(21)18-15-11-20-9-5-12(15)6-10-20/h2-4,7-8,12,15H,5-6,9-11H2,1H3,(H,18,21)/t15-/m1/s1. The topological polar surface area (TPSA) is 37.3 Å². The first kappa shape index (κ1) is 12.9. The molecule has 0 aliphatic carbocycles. The van der Waals surface area contributed by atoms with Gasteiger partial charge in [-0.05, 0) is 50.0 Å². The molecule has 0 saturated carbocycles. The van der Waals surface area contributed by atoms with Crippen LogP contribution in [0.25, 0.3) is 10.9 Å². The molecule has 2 aromatic rings. The maximum absolute atomic E-state index is 12.7. The van der Waals surface area contributed by atoms with Gasteiger partial charge in [0.25, 0.3) is 5.91 Å². The number of rotatable bonds is 2. The first-order valence-electron chi connectivity index (χ1n) is 7.79. The van der Waals surface area contributed by atoms with E-state index >= 15 is 0 Å².